The van der Waals surface area contributed by atoms with E-state index in [1.807, 2.05) is 0 Å². The Morgan fingerprint density at radius 2 is 1.90 bits per heavy atom. The Kier molecular flexibility index (Phi) is 5.36. The zero-order valence-electron chi connectivity index (χ0n) is 16.0. The van der Waals surface area contributed by atoms with Crippen LogP contribution in [0.15, 0.2) is 36.4 Å². The van der Waals surface area contributed by atoms with E-state index in [4.69, 9.17) is 22.1 Å². The van der Waals surface area contributed by atoms with Gasteiger partial charge in [-0.25, -0.2) is 13.8 Å². The van der Waals surface area contributed by atoms with Crippen LogP contribution in [0.2, 0.25) is 5.02 Å². The summed E-state index contributed by atoms with van der Waals surface area (Å²) < 4.78 is 33.6. The summed E-state index contributed by atoms with van der Waals surface area (Å²) in [5, 5.41) is 0.537. The van der Waals surface area contributed by atoms with E-state index in [0.29, 0.717) is 34.6 Å². The molecule has 1 atom stereocenters. The lowest BCUT2D eigenvalue weighted by atomic mass is 10.1. The van der Waals surface area contributed by atoms with Crippen molar-refractivity contribution in [2.24, 2.45) is 11.7 Å². The summed E-state index contributed by atoms with van der Waals surface area (Å²) in [6, 6.07) is 8.47. The van der Waals surface area contributed by atoms with Gasteiger partial charge in [-0.3, -0.25) is 9.59 Å². The molecule has 1 aliphatic carbocycles. The van der Waals surface area contributed by atoms with Crippen LogP contribution in [-0.2, 0) is 4.79 Å². The van der Waals surface area contributed by atoms with Gasteiger partial charge in [-0.1, -0.05) is 23.7 Å². The molecule has 1 saturated heterocycles. The molecule has 1 saturated carbocycles. The number of alkyl halides is 2. The first-order chi connectivity index (χ1) is 14.2. The molecule has 0 radical (unpaired) electrons. The van der Waals surface area contributed by atoms with Crippen LogP contribution in [0.4, 0.5) is 8.78 Å². The fourth-order valence-electron chi connectivity index (χ4n) is 3.42. The van der Waals surface area contributed by atoms with Crippen LogP contribution in [0.1, 0.15) is 29.8 Å². The van der Waals surface area contributed by atoms with Crippen molar-refractivity contribution in [2.45, 2.75) is 31.2 Å². The predicted octanol–water partition coefficient (Wildman–Crippen LogP) is 3.53. The van der Waals surface area contributed by atoms with Gasteiger partial charge >= 0.3 is 0 Å². The van der Waals surface area contributed by atoms with Gasteiger partial charge in [-0.2, -0.15) is 0 Å². The van der Waals surface area contributed by atoms with Gasteiger partial charge in [0.1, 0.15) is 23.2 Å². The van der Waals surface area contributed by atoms with E-state index in [2.05, 4.69) is 4.98 Å². The lowest BCUT2D eigenvalue weighted by molar-refractivity contribution is -0.121. The highest BCUT2D eigenvalue weighted by Gasteiger charge is 2.49. The number of nitrogens with zero attached hydrogens (tertiary/aromatic N) is 2. The zero-order valence-corrected chi connectivity index (χ0v) is 16.7. The van der Waals surface area contributed by atoms with E-state index >= 15 is 0 Å². The third-order valence-electron chi connectivity index (χ3n) is 5.23. The number of hydrogen-bond donors (Lipinski definition) is 1. The Labute approximate surface area is 177 Å². The quantitative estimate of drug-likeness (QED) is 0.752. The highest BCUT2D eigenvalue weighted by Crippen LogP contribution is 2.35. The summed E-state index contributed by atoms with van der Waals surface area (Å²) in [7, 11) is 0. The highest BCUT2D eigenvalue weighted by molar-refractivity contribution is 6.30. The second-order valence-corrected chi connectivity index (χ2v) is 8.15. The summed E-state index contributed by atoms with van der Waals surface area (Å²) in [6.07, 6.45) is 1.43. The molecule has 2 N–H and O–H groups in total. The molecule has 30 heavy (non-hydrogen) atoms. The SMILES string of the molecule is NC(=O)C1CC(F)(F)CN1C(=O)c1ccc(OCC2CC2)c(-c2ccc(Cl)cc2)n1. The number of primary amides is 1. The van der Waals surface area contributed by atoms with E-state index in [9.17, 15) is 18.4 Å². The Hall–Kier alpha value is -2.74. The van der Waals surface area contributed by atoms with Gasteiger partial charge in [-0.15, -0.1) is 0 Å². The molecule has 1 aliphatic heterocycles. The summed E-state index contributed by atoms with van der Waals surface area (Å²) in [6.45, 7) is -0.338. The Morgan fingerprint density at radius 1 is 1.20 bits per heavy atom. The first-order valence-corrected chi connectivity index (χ1v) is 9.99. The number of rotatable bonds is 6. The number of halogens is 3. The molecule has 1 aromatic heterocycles. The van der Waals surface area contributed by atoms with Gasteiger partial charge in [0.05, 0.1) is 13.2 Å². The van der Waals surface area contributed by atoms with Crippen molar-refractivity contribution in [3.8, 4) is 17.0 Å². The summed E-state index contributed by atoms with van der Waals surface area (Å²) in [5.74, 6) is -3.93. The molecular formula is C21H20ClF2N3O3. The summed E-state index contributed by atoms with van der Waals surface area (Å²) >= 11 is 5.96. The van der Waals surface area contributed by atoms with Crippen molar-refractivity contribution in [2.75, 3.05) is 13.2 Å². The Bertz CT molecular complexity index is 980. The number of aromatic nitrogens is 1. The van der Waals surface area contributed by atoms with Crippen molar-refractivity contribution in [1.82, 2.24) is 9.88 Å². The number of hydrogen-bond acceptors (Lipinski definition) is 4. The molecule has 1 aromatic carbocycles. The molecule has 0 bridgehead atoms. The molecule has 6 nitrogen and oxygen atoms in total. The average Bonchev–Trinajstić information content (AvgIpc) is 3.47. The highest BCUT2D eigenvalue weighted by atomic mass is 35.5. The van der Waals surface area contributed by atoms with E-state index in [-0.39, 0.29) is 5.69 Å². The second-order valence-electron chi connectivity index (χ2n) is 7.72. The number of likely N-dealkylation sites (tertiary alicyclic amines) is 1. The number of carbonyl (C=O) groups excluding carboxylic acids is 2. The number of nitrogens with two attached hydrogens (primary N) is 1. The molecular weight excluding hydrogens is 416 g/mol. The summed E-state index contributed by atoms with van der Waals surface area (Å²) in [4.78, 5) is 29.7. The molecule has 2 amide bonds. The molecule has 2 fully saturated rings. The van der Waals surface area contributed by atoms with Crippen LogP contribution < -0.4 is 10.5 Å². The number of amides is 2. The van der Waals surface area contributed by atoms with Crippen LogP contribution in [0, 0.1) is 5.92 Å². The van der Waals surface area contributed by atoms with Crippen molar-refractivity contribution in [3.63, 3.8) is 0 Å². The number of pyridine rings is 1. The maximum Gasteiger partial charge on any atom is 0.273 e. The van der Waals surface area contributed by atoms with Crippen molar-refractivity contribution in [1.29, 1.82) is 0 Å². The lowest BCUT2D eigenvalue weighted by Gasteiger charge is -2.21. The van der Waals surface area contributed by atoms with Gasteiger partial charge in [0.25, 0.3) is 11.8 Å². The van der Waals surface area contributed by atoms with Crippen molar-refractivity contribution < 1.29 is 23.1 Å². The zero-order chi connectivity index (χ0) is 21.5. The number of carbonyl (C=O) groups is 2. The lowest BCUT2D eigenvalue weighted by Crippen LogP contribution is -2.44. The second kappa shape index (κ2) is 7.83. The minimum atomic E-state index is -3.18. The van der Waals surface area contributed by atoms with Crippen molar-refractivity contribution in [3.05, 3.63) is 47.1 Å². The van der Waals surface area contributed by atoms with Crippen LogP contribution in [0.3, 0.4) is 0 Å². The standard InChI is InChI=1S/C21H20ClF2N3O3/c22-14-5-3-13(4-6-14)18-17(30-10-12-1-2-12)8-7-15(26-18)20(29)27-11-21(23,24)9-16(27)19(25)28/h3-8,12,16H,1-2,9-11H2,(H2,25,28). The van der Waals surface area contributed by atoms with E-state index in [1.165, 1.54) is 6.07 Å². The largest absolute Gasteiger partial charge is 0.491 e. The minimum absolute atomic E-state index is 0.0670. The molecule has 2 aromatic rings. The maximum atomic E-state index is 13.9. The van der Waals surface area contributed by atoms with E-state index in [0.717, 1.165) is 17.7 Å². The van der Waals surface area contributed by atoms with Gasteiger partial charge in [0.15, 0.2) is 0 Å². The van der Waals surface area contributed by atoms with Crippen LogP contribution in [0.25, 0.3) is 11.3 Å². The predicted molar refractivity (Wildman–Crippen MR) is 106 cm³/mol. The third kappa shape index (κ3) is 4.38. The first kappa shape index (κ1) is 20.5. The molecule has 2 aliphatic rings. The molecule has 9 heteroatoms. The fourth-order valence-corrected chi connectivity index (χ4v) is 3.55. The maximum absolute atomic E-state index is 13.9. The molecule has 1 unspecified atom stereocenters. The molecule has 4 rings (SSSR count). The first-order valence-electron chi connectivity index (χ1n) is 9.61. The fraction of sp³-hybridized carbons (Fsp3) is 0.381. The normalized spacial score (nSPS) is 20.2. The Morgan fingerprint density at radius 3 is 2.53 bits per heavy atom. The van der Waals surface area contributed by atoms with Gasteiger partial charge in [0.2, 0.25) is 5.91 Å². The topological polar surface area (TPSA) is 85.5 Å². The number of benzene rings is 1. The van der Waals surface area contributed by atoms with Gasteiger partial charge in [-0.05, 0) is 43.0 Å². The minimum Gasteiger partial charge on any atom is -0.491 e. The smallest absolute Gasteiger partial charge is 0.273 e. The van der Waals surface area contributed by atoms with Crippen molar-refractivity contribution >= 4 is 23.4 Å². The van der Waals surface area contributed by atoms with Gasteiger partial charge < -0.3 is 15.4 Å². The van der Waals surface area contributed by atoms with Crippen LogP contribution >= 0.6 is 11.6 Å². The average molecular weight is 436 g/mol. The molecule has 0 spiro atoms. The monoisotopic (exact) mass is 435 g/mol. The van der Waals surface area contributed by atoms with E-state index in [1.54, 1.807) is 30.3 Å². The Balaban J connectivity index is 1.67. The molecule has 2 heterocycles. The summed E-state index contributed by atoms with van der Waals surface area (Å²) in [5.41, 5.74) is 6.24. The van der Waals surface area contributed by atoms with Gasteiger partial charge in [0, 0.05) is 17.0 Å². The number of ether oxygens (including phenoxy) is 1. The van der Waals surface area contributed by atoms with Crippen LogP contribution in [-0.4, -0.2) is 46.8 Å². The van der Waals surface area contributed by atoms with E-state index < -0.39 is 36.7 Å². The van der Waals surface area contributed by atoms with Crippen LogP contribution in [0.5, 0.6) is 5.75 Å². The third-order valence-corrected chi connectivity index (χ3v) is 5.48. The molecule has 158 valence electrons.